The highest BCUT2D eigenvalue weighted by Gasteiger charge is 2.23. The van der Waals surface area contributed by atoms with E-state index in [1.807, 2.05) is 18.2 Å². The van der Waals surface area contributed by atoms with Crippen LogP contribution in [-0.4, -0.2) is 68.4 Å². The average Bonchev–Trinajstić information content (AvgIpc) is 2.55. The first-order valence-corrected chi connectivity index (χ1v) is 11.4. The summed E-state index contributed by atoms with van der Waals surface area (Å²) in [5, 5.41) is 10.5. The lowest BCUT2D eigenvalue weighted by molar-refractivity contribution is 0.0576. The number of piperidine rings is 1. The van der Waals surface area contributed by atoms with Crippen LogP contribution in [0.5, 0.6) is 0 Å². The largest absolute Gasteiger partial charge is 0.390 e. The molecule has 0 radical (unpaired) electrons. The minimum atomic E-state index is -3.27. The van der Waals surface area contributed by atoms with E-state index in [4.69, 9.17) is 0 Å². The smallest absolute Gasteiger partial charge is 0.229 e. The Morgan fingerprint density at radius 3 is 2.58 bits per heavy atom. The van der Waals surface area contributed by atoms with E-state index in [1.165, 1.54) is 19.1 Å². The molecule has 0 spiro atoms. The monoisotopic (exact) mass is 381 g/mol. The normalized spacial score (nSPS) is 21.3. The quantitative estimate of drug-likeness (QED) is 0.781. The van der Waals surface area contributed by atoms with Gasteiger partial charge >= 0.3 is 0 Å². The minimum Gasteiger partial charge on any atom is -0.390 e. The minimum absolute atomic E-state index is 0.345. The van der Waals surface area contributed by atoms with Crippen LogP contribution in [-0.2, 0) is 23.0 Å². The molecular weight excluding hydrogens is 350 g/mol. The maximum Gasteiger partial charge on any atom is 0.229 e. The zero-order valence-electron chi connectivity index (χ0n) is 15.8. The van der Waals surface area contributed by atoms with Gasteiger partial charge in [-0.05, 0) is 55.5 Å². The van der Waals surface area contributed by atoms with Crippen LogP contribution in [0.25, 0.3) is 0 Å². The van der Waals surface area contributed by atoms with E-state index in [0.717, 1.165) is 56.2 Å². The fourth-order valence-corrected chi connectivity index (χ4v) is 4.61. The molecule has 2 N–H and O–H groups in total. The molecule has 0 saturated carbocycles. The van der Waals surface area contributed by atoms with E-state index in [0.29, 0.717) is 12.2 Å². The highest BCUT2D eigenvalue weighted by Crippen LogP contribution is 2.27. The first-order valence-electron chi connectivity index (χ1n) is 9.51. The SMILES string of the molecule is CC1CCN(C[C@@H](O)CN2CCc3c(cccc3NS(C)(=O)=O)C2)CC1. The van der Waals surface area contributed by atoms with Crippen molar-refractivity contribution in [2.75, 3.05) is 43.7 Å². The Kier molecular flexibility index (Phi) is 6.22. The zero-order valence-corrected chi connectivity index (χ0v) is 16.6. The van der Waals surface area contributed by atoms with Gasteiger partial charge in [-0.25, -0.2) is 8.42 Å². The molecule has 2 heterocycles. The van der Waals surface area contributed by atoms with Gasteiger partial charge in [0.2, 0.25) is 10.0 Å². The first kappa shape index (κ1) is 19.6. The van der Waals surface area contributed by atoms with Gasteiger partial charge in [0.15, 0.2) is 0 Å². The predicted molar refractivity (Wildman–Crippen MR) is 105 cm³/mol. The third-order valence-corrected chi connectivity index (χ3v) is 6.05. The third-order valence-electron chi connectivity index (χ3n) is 5.45. The number of fused-ring (bicyclic) bond motifs is 1. The number of likely N-dealkylation sites (tertiary alicyclic amines) is 1. The van der Waals surface area contributed by atoms with E-state index in [2.05, 4.69) is 21.4 Å². The maximum absolute atomic E-state index is 11.5. The van der Waals surface area contributed by atoms with Crippen LogP contribution < -0.4 is 4.72 Å². The summed E-state index contributed by atoms with van der Waals surface area (Å²) in [5.41, 5.74) is 2.91. The van der Waals surface area contributed by atoms with Gasteiger partial charge in [-0.15, -0.1) is 0 Å². The number of nitrogens with one attached hydrogen (secondary N) is 1. The molecule has 6 nitrogen and oxygen atoms in total. The molecule has 0 unspecified atom stereocenters. The Morgan fingerprint density at radius 1 is 1.19 bits per heavy atom. The number of nitrogens with zero attached hydrogens (tertiary/aromatic N) is 2. The van der Waals surface area contributed by atoms with Gasteiger partial charge in [-0.3, -0.25) is 9.62 Å². The van der Waals surface area contributed by atoms with Gasteiger partial charge in [0.25, 0.3) is 0 Å². The number of aliphatic hydroxyl groups is 1. The molecule has 1 fully saturated rings. The van der Waals surface area contributed by atoms with Crippen molar-refractivity contribution in [1.82, 2.24) is 9.80 Å². The molecule has 1 saturated heterocycles. The fraction of sp³-hybridized carbons (Fsp3) is 0.684. The summed E-state index contributed by atoms with van der Waals surface area (Å²) in [7, 11) is -3.27. The second-order valence-corrected chi connectivity index (χ2v) is 9.69. The van der Waals surface area contributed by atoms with E-state index in [-0.39, 0.29) is 6.10 Å². The molecule has 2 aliphatic heterocycles. The molecule has 1 atom stereocenters. The third kappa shape index (κ3) is 5.42. The molecule has 1 aromatic rings. The van der Waals surface area contributed by atoms with E-state index < -0.39 is 10.0 Å². The number of hydrogen-bond donors (Lipinski definition) is 2. The molecule has 146 valence electrons. The van der Waals surface area contributed by atoms with Gasteiger partial charge in [-0.1, -0.05) is 19.1 Å². The van der Waals surface area contributed by atoms with Gasteiger partial charge < -0.3 is 10.0 Å². The molecule has 2 aliphatic rings. The highest BCUT2D eigenvalue weighted by molar-refractivity contribution is 7.92. The van der Waals surface area contributed by atoms with Crippen molar-refractivity contribution in [2.45, 2.75) is 38.8 Å². The lowest BCUT2D eigenvalue weighted by Gasteiger charge is -2.35. The Bertz CT molecular complexity index is 715. The summed E-state index contributed by atoms with van der Waals surface area (Å²) < 4.78 is 25.7. The summed E-state index contributed by atoms with van der Waals surface area (Å²) in [6.07, 6.45) is 4.07. The van der Waals surface area contributed by atoms with Crippen LogP contribution in [0.2, 0.25) is 0 Å². The Balaban J connectivity index is 1.56. The summed E-state index contributed by atoms with van der Waals surface area (Å²) >= 11 is 0. The van der Waals surface area contributed by atoms with E-state index in [1.54, 1.807) is 0 Å². The molecule has 7 heteroatoms. The van der Waals surface area contributed by atoms with Crippen molar-refractivity contribution in [3.8, 4) is 0 Å². The van der Waals surface area contributed by atoms with Crippen molar-refractivity contribution >= 4 is 15.7 Å². The molecule has 1 aromatic carbocycles. The second-order valence-electron chi connectivity index (χ2n) is 7.94. The highest BCUT2D eigenvalue weighted by atomic mass is 32.2. The molecule has 0 aromatic heterocycles. The Labute approximate surface area is 157 Å². The van der Waals surface area contributed by atoms with Gasteiger partial charge in [-0.2, -0.15) is 0 Å². The van der Waals surface area contributed by atoms with Crippen LogP contribution in [0.15, 0.2) is 18.2 Å². The number of hydrogen-bond acceptors (Lipinski definition) is 5. The lowest BCUT2D eigenvalue weighted by Crippen LogP contribution is -2.44. The molecule has 0 amide bonds. The van der Waals surface area contributed by atoms with E-state index >= 15 is 0 Å². The van der Waals surface area contributed by atoms with Crippen molar-refractivity contribution in [1.29, 1.82) is 0 Å². The van der Waals surface area contributed by atoms with Crippen LogP contribution in [0.4, 0.5) is 5.69 Å². The molecule has 0 aliphatic carbocycles. The Hall–Kier alpha value is -1.15. The van der Waals surface area contributed by atoms with Crippen LogP contribution in [0, 0.1) is 5.92 Å². The number of anilines is 1. The molecule has 26 heavy (non-hydrogen) atoms. The first-order chi connectivity index (χ1) is 12.3. The molecular formula is C19H31N3O3S. The van der Waals surface area contributed by atoms with E-state index in [9.17, 15) is 13.5 Å². The molecule has 0 bridgehead atoms. The number of sulfonamides is 1. The average molecular weight is 382 g/mol. The predicted octanol–water partition coefficient (Wildman–Crippen LogP) is 1.51. The number of aliphatic hydroxyl groups excluding tert-OH is 1. The standard InChI is InChI=1S/C19H31N3O3S/c1-15-6-9-21(10-7-15)13-17(23)14-22-11-8-18-16(12-22)4-3-5-19(18)20-26(2,24)25/h3-5,15,17,20,23H,6-14H2,1-2H3/t17-/m1/s1. The van der Waals surface area contributed by atoms with Crippen molar-refractivity contribution in [3.63, 3.8) is 0 Å². The summed E-state index contributed by atoms with van der Waals surface area (Å²) in [5.74, 6) is 0.803. The fourth-order valence-electron chi connectivity index (χ4n) is 4.02. The summed E-state index contributed by atoms with van der Waals surface area (Å²) in [6.45, 7) is 7.46. The van der Waals surface area contributed by atoms with Crippen LogP contribution in [0.1, 0.15) is 30.9 Å². The maximum atomic E-state index is 11.5. The van der Waals surface area contributed by atoms with Gasteiger partial charge in [0.05, 0.1) is 18.0 Å². The summed E-state index contributed by atoms with van der Waals surface area (Å²) in [6, 6.07) is 5.76. The Morgan fingerprint density at radius 2 is 1.88 bits per heavy atom. The second kappa shape index (κ2) is 8.25. The van der Waals surface area contributed by atoms with Crippen molar-refractivity contribution in [3.05, 3.63) is 29.3 Å². The molecule has 3 rings (SSSR count). The van der Waals surface area contributed by atoms with Gasteiger partial charge in [0.1, 0.15) is 0 Å². The lowest BCUT2D eigenvalue weighted by atomic mass is 9.97. The number of β-amino-alcohol motifs (C(OH)–C–C–N with tert-alkyl or cyclic N) is 1. The van der Waals surface area contributed by atoms with Crippen LogP contribution >= 0.6 is 0 Å². The van der Waals surface area contributed by atoms with Crippen LogP contribution in [0.3, 0.4) is 0 Å². The zero-order chi connectivity index (χ0) is 18.7. The number of rotatable bonds is 6. The van der Waals surface area contributed by atoms with Crippen molar-refractivity contribution < 1.29 is 13.5 Å². The summed E-state index contributed by atoms with van der Waals surface area (Å²) in [4.78, 5) is 4.64. The topological polar surface area (TPSA) is 72.9 Å². The van der Waals surface area contributed by atoms with Gasteiger partial charge in [0, 0.05) is 26.2 Å². The number of benzene rings is 1. The van der Waals surface area contributed by atoms with Crippen molar-refractivity contribution in [2.24, 2.45) is 5.92 Å².